The lowest BCUT2D eigenvalue weighted by atomic mass is 9.95. The Hall–Kier alpha value is -1.89. The molecule has 1 rings (SSSR count). The fourth-order valence-corrected chi connectivity index (χ4v) is 4.28. The van der Waals surface area contributed by atoms with Crippen LogP contribution in [0, 0.1) is 11.8 Å². The second-order valence-electron chi connectivity index (χ2n) is 9.59. The van der Waals surface area contributed by atoms with E-state index < -0.39 is 12.0 Å². The van der Waals surface area contributed by atoms with Crippen molar-refractivity contribution >= 4 is 17.8 Å². The van der Waals surface area contributed by atoms with Crippen molar-refractivity contribution in [2.75, 3.05) is 13.1 Å². The number of hydrogen-bond donors (Lipinski definition) is 2. The minimum atomic E-state index is -0.992. The molecule has 0 aromatic rings. The lowest BCUT2D eigenvalue weighted by Gasteiger charge is -2.39. The van der Waals surface area contributed by atoms with Crippen molar-refractivity contribution in [3.8, 4) is 0 Å². The Morgan fingerprint density at radius 2 is 1.71 bits per heavy atom. The van der Waals surface area contributed by atoms with Crippen LogP contribution in [0.3, 0.4) is 0 Å². The fourth-order valence-electron chi connectivity index (χ4n) is 4.28. The molecule has 0 aromatic carbocycles. The predicted octanol–water partition coefficient (Wildman–Crippen LogP) is 3.29. The Balaban J connectivity index is 3.13. The third-order valence-corrected chi connectivity index (χ3v) is 6.17. The first-order valence-electron chi connectivity index (χ1n) is 11.7. The van der Waals surface area contributed by atoms with Crippen LogP contribution in [0.2, 0.25) is 0 Å². The van der Waals surface area contributed by atoms with Crippen molar-refractivity contribution in [2.24, 2.45) is 11.8 Å². The van der Waals surface area contributed by atoms with E-state index in [1.807, 2.05) is 34.6 Å². The monoisotopic (exact) mass is 437 g/mol. The maximum absolute atomic E-state index is 13.6. The highest BCUT2D eigenvalue weighted by atomic mass is 16.4. The molecule has 1 aliphatic rings. The molecule has 2 amide bonds. The van der Waals surface area contributed by atoms with Crippen molar-refractivity contribution in [1.82, 2.24) is 15.1 Å². The molecule has 7 nitrogen and oxygen atoms in total. The van der Waals surface area contributed by atoms with Gasteiger partial charge in [0, 0.05) is 18.2 Å². The first-order valence-corrected chi connectivity index (χ1v) is 11.7. The van der Waals surface area contributed by atoms with Gasteiger partial charge in [0.2, 0.25) is 11.8 Å². The number of aliphatic carboxylic acids is 1. The number of carboxylic acid groups (broad SMARTS) is 1. The minimum absolute atomic E-state index is 0.0384. The molecule has 0 unspecified atom stereocenters. The molecule has 0 saturated carbocycles. The van der Waals surface area contributed by atoms with Crippen LogP contribution < -0.4 is 5.32 Å². The zero-order valence-corrected chi connectivity index (χ0v) is 20.6. The number of carboxylic acids is 1. The van der Waals surface area contributed by atoms with Crippen LogP contribution in [0.25, 0.3) is 0 Å². The number of likely N-dealkylation sites (N-methyl/N-ethyl adjacent to an activating group) is 1. The van der Waals surface area contributed by atoms with Gasteiger partial charge in [-0.25, -0.2) is 4.79 Å². The molecule has 0 aromatic heterocycles. The summed E-state index contributed by atoms with van der Waals surface area (Å²) in [6, 6.07) is -0.949. The number of piperidine rings is 1. The van der Waals surface area contributed by atoms with Gasteiger partial charge in [-0.15, -0.1) is 0 Å². The topological polar surface area (TPSA) is 90.0 Å². The predicted molar refractivity (Wildman–Crippen MR) is 124 cm³/mol. The Kier molecular flexibility index (Phi) is 10.7. The summed E-state index contributed by atoms with van der Waals surface area (Å²) in [7, 11) is 0. The van der Waals surface area contributed by atoms with Crippen LogP contribution >= 0.6 is 0 Å². The van der Waals surface area contributed by atoms with E-state index in [0.29, 0.717) is 6.54 Å². The number of hydrogen-bond acceptors (Lipinski definition) is 4. The number of carbonyl (C=O) groups is 3. The highest BCUT2D eigenvalue weighted by Gasteiger charge is 2.36. The van der Waals surface area contributed by atoms with E-state index in [0.717, 1.165) is 25.8 Å². The van der Waals surface area contributed by atoms with Crippen LogP contribution in [0.15, 0.2) is 11.6 Å². The molecule has 1 heterocycles. The van der Waals surface area contributed by atoms with Crippen LogP contribution in [0.1, 0.15) is 74.7 Å². The van der Waals surface area contributed by atoms with Gasteiger partial charge in [0.25, 0.3) is 0 Å². The average molecular weight is 438 g/mol. The summed E-state index contributed by atoms with van der Waals surface area (Å²) in [5.74, 6) is -1.29. The summed E-state index contributed by atoms with van der Waals surface area (Å²) in [6.07, 6.45) is 4.55. The van der Waals surface area contributed by atoms with Crippen molar-refractivity contribution in [2.45, 2.75) is 98.8 Å². The third-order valence-electron chi connectivity index (χ3n) is 6.17. The van der Waals surface area contributed by atoms with Crippen molar-refractivity contribution < 1.29 is 19.5 Å². The molecule has 178 valence electrons. The molecule has 0 spiro atoms. The molecule has 0 bridgehead atoms. The van der Waals surface area contributed by atoms with Crippen LogP contribution in [-0.2, 0) is 14.4 Å². The summed E-state index contributed by atoms with van der Waals surface area (Å²) in [4.78, 5) is 42.0. The molecule has 3 atom stereocenters. The highest BCUT2D eigenvalue weighted by molar-refractivity contribution is 5.90. The Bertz CT molecular complexity index is 657. The van der Waals surface area contributed by atoms with Crippen LogP contribution in [0.4, 0.5) is 0 Å². The van der Waals surface area contributed by atoms with E-state index in [1.54, 1.807) is 17.9 Å². The van der Waals surface area contributed by atoms with E-state index in [1.165, 1.54) is 0 Å². The van der Waals surface area contributed by atoms with Gasteiger partial charge in [0.1, 0.15) is 6.04 Å². The molecule has 7 heteroatoms. The fraction of sp³-hybridized carbons (Fsp3) is 0.792. The third kappa shape index (κ3) is 7.34. The Morgan fingerprint density at radius 1 is 1.10 bits per heavy atom. The van der Waals surface area contributed by atoms with E-state index in [4.69, 9.17) is 0 Å². The summed E-state index contributed by atoms with van der Waals surface area (Å²) in [5, 5.41) is 12.3. The van der Waals surface area contributed by atoms with Gasteiger partial charge in [-0.2, -0.15) is 0 Å². The Labute approximate surface area is 188 Å². The molecular formula is C24H43N3O4. The molecule has 31 heavy (non-hydrogen) atoms. The molecule has 1 saturated heterocycles. The van der Waals surface area contributed by atoms with E-state index >= 15 is 0 Å². The molecular weight excluding hydrogens is 394 g/mol. The van der Waals surface area contributed by atoms with Gasteiger partial charge < -0.3 is 15.3 Å². The smallest absolute Gasteiger partial charge is 0.331 e. The Morgan fingerprint density at radius 3 is 2.16 bits per heavy atom. The SMILES string of the molecule is CCN(C(=O)[C@@H](NC(=O)[C@H]1CCCCN1C(C)C)C(C)C)[C@@H](/C=C(\C)C(=O)O)C(C)C. The van der Waals surface area contributed by atoms with Gasteiger partial charge in [0.05, 0.1) is 12.1 Å². The van der Waals surface area contributed by atoms with E-state index in [9.17, 15) is 19.5 Å². The normalized spacial score (nSPS) is 20.1. The standard InChI is InChI=1S/C24H43N3O4/c1-9-26(20(15(2)3)14-18(8)24(30)31)23(29)21(16(4)5)25-22(28)19-12-10-11-13-27(19)17(6)7/h14-17,19-21H,9-13H2,1-8H3,(H,25,28)(H,30,31)/b18-14+/t19-,20+,21+/m1/s1. The molecule has 1 fully saturated rings. The summed E-state index contributed by atoms with van der Waals surface area (Å²) in [5.41, 5.74) is 0.213. The van der Waals surface area contributed by atoms with Gasteiger partial charge in [0.15, 0.2) is 0 Å². The van der Waals surface area contributed by atoms with E-state index in [2.05, 4.69) is 24.1 Å². The van der Waals surface area contributed by atoms with Gasteiger partial charge in [-0.05, 0) is 58.9 Å². The van der Waals surface area contributed by atoms with Gasteiger partial charge >= 0.3 is 5.97 Å². The summed E-state index contributed by atoms with van der Waals surface area (Å²) in [6.45, 7) is 16.8. The van der Waals surface area contributed by atoms with Crippen LogP contribution in [-0.4, -0.2) is 69.9 Å². The second kappa shape index (κ2) is 12.2. The first kappa shape index (κ1) is 27.1. The minimum Gasteiger partial charge on any atom is -0.478 e. The molecule has 1 aliphatic heterocycles. The summed E-state index contributed by atoms with van der Waals surface area (Å²) < 4.78 is 0. The molecule has 2 N–H and O–H groups in total. The lowest BCUT2D eigenvalue weighted by Crippen LogP contribution is -2.59. The first-order chi connectivity index (χ1) is 14.4. The number of likely N-dealkylation sites (tertiary alicyclic amines) is 1. The zero-order valence-electron chi connectivity index (χ0n) is 20.6. The van der Waals surface area contributed by atoms with Crippen molar-refractivity contribution in [3.05, 3.63) is 11.6 Å². The zero-order chi connectivity index (χ0) is 23.9. The largest absolute Gasteiger partial charge is 0.478 e. The van der Waals surface area contributed by atoms with Gasteiger partial charge in [-0.1, -0.05) is 40.2 Å². The second-order valence-corrected chi connectivity index (χ2v) is 9.59. The number of nitrogens with zero attached hydrogens (tertiary/aromatic N) is 2. The number of carbonyl (C=O) groups excluding carboxylic acids is 2. The van der Waals surface area contributed by atoms with Crippen molar-refractivity contribution in [1.29, 1.82) is 0 Å². The summed E-state index contributed by atoms with van der Waals surface area (Å²) >= 11 is 0. The number of amides is 2. The lowest BCUT2D eigenvalue weighted by molar-refractivity contribution is -0.141. The highest BCUT2D eigenvalue weighted by Crippen LogP contribution is 2.22. The molecule has 0 radical (unpaired) electrons. The quantitative estimate of drug-likeness (QED) is 0.512. The number of rotatable bonds is 10. The number of nitrogens with one attached hydrogen (secondary N) is 1. The van der Waals surface area contributed by atoms with Crippen LogP contribution in [0.5, 0.6) is 0 Å². The van der Waals surface area contributed by atoms with Crippen molar-refractivity contribution in [3.63, 3.8) is 0 Å². The molecule has 0 aliphatic carbocycles. The average Bonchev–Trinajstić information content (AvgIpc) is 2.70. The maximum atomic E-state index is 13.6. The van der Waals surface area contributed by atoms with E-state index in [-0.39, 0.29) is 47.3 Å². The maximum Gasteiger partial charge on any atom is 0.331 e. The van der Waals surface area contributed by atoms with Gasteiger partial charge in [-0.3, -0.25) is 14.5 Å².